The number of nitrogens with two attached hydrogens (primary N) is 1. The second-order valence-electron chi connectivity index (χ2n) is 23.4. The van der Waals surface area contributed by atoms with Crippen LogP contribution in [0.2, 0.25) is 0 Å². The van der Waals surface area contributed by atoms with Gasteiger partial charge in [-0.3, -0.25) is 14.4 Å². The number of benzene rings is 4. The quantitative estimate of drug-likeness (QED) is 0.113. The summed E-state index contributed by atoms with van der Waals surface area (Å²) in [4.78, 5) is 50.9. The number of hydrogen-bond acceptors (Lipinski definition) is 9. The van der Waals surface area contributed by atoms with E-state index in [2.05, 4.69) is 58.3 Å². The number of amides is 3. The van der Waals surface area contributed by atoms with Crippen LogP contribution in [0.4, 0.5) is 24.5 Å². The third-order valence-corrected chi connectivity index (χ3v) is 18.4. The van der Waals surface area contributed by atoms with Gasteiger partial charge in [-0.15, -0.1) is 0 Å². The van der Waals surface area contributed by atoms with Crippen molar-refractivity contribution in [3.05, 3.63) is 142 Å². The lowest BCUT2D eigenvalue weighted by Gasteiger charge is -2.34. The van der Waals surface area contributed by atoms with Crippen LogP contribution in [0.3, 0.4) is 0 Å². The highest BCUT2D eigenvalue weighted by atomic mass is 19.4. The minimum atomic E-state index is -4.73. The normalized spacial score (nSPS) is 21.9. The summed E-state index contributed by atoms with van der Waals surface area (Å²) in [6.07, 6.45) is 4.87. The Morgan fingerprint density at radius 1 is 0.724 bits per heavy atom. The molecule has 4 aromatic carbocycles. The van der Waals surface area contributed by atoms with Gasteiger partial charge in [-0.05, 0) is 162 Å². The van der Waals surface area contributed by atoms with E-state index in [1.165, 1.54) is 51.4 Å². The summed E-state index contributed by atoms with van der Waals surface area (Å²) in [5.41, 5.74) is 11.0. The molecule has 4 saturated carbocycles. The van der Waals surface area contributed by atoms with Crippen molar-refractivity contribution in [1.29, 1.82) is 0 Å². The summed E-state index contributed by atoms with van der Waals surface area (Å²) in [7, 11) is 3.63. The monoisotopic (exact) mass is 1030 g/mol. The van der Waals surface area contributed by atoms with Crippen molar-refractivity contribution >= 4 is 29.1 Å². The molecule has 14 rings (SSSR count). The van der Waals surface area contributed by atoms with E-state index >= 15 is 0 Å². The number of hydrogen-bond donors (Lipinski definition) is 1. The Labute approximate surface area is 438 Å². The number of ether oxygens (including phenoxy) is 2. The molecule has 5 fully saturated rings. The molecule has 0 radical (unpaired) electrons. The molecule has 3 amide bonds. The fourth-order valence-electron chi connectivity index (χ4n) is 13.6. The van der Waals surface area contributed by atoms with Crippen molar-refractivity contribution in [3.8, 4) is 22.9 Å². The van der Waals surface area contributed by atoms with E-state index in [0.717, 1.165) is 66.0 Å². The van der Waals surface area contributed by atoms with Gasteiger partial charge in [0.15, 0.2) is 11.4 Å². The van der Waals surface area contributed by atoms with Crippen molar-refractivity contribution in [2.45, 2.75) is 98.0 Å². The van der Waals surface area contributed by atoms with Gasteiger partial charge in [-0.1, -0.05) is 24.3 Å². The zero-order chi connectivity index (χ0) is 52.1. The van der Waals surface area contributed by atoms with Crippen LogP contribution < -0.4 is 25.0 Å². The first-order chi connectivity index (χ1) is 36.6. The van der Waals surface area contributed by atoms with Crippen molar-refractivity contribution in [3.63, 3.8) is 0 Å². The summed E-state index contributed by atoms with van der Waals surface area (Å²) in [5, 5.41) is 8.91. The molecule has 2 aromatic heterocycles. The Morgan fingerprint density at radius 3 is 1.82 bits per heavy atom. The zero-order valence-corrected chi connectivity index (χ0v) is 42.8. The highest BCUT2D eigenvalue weighted by molar-refractivity contribution is 6.11. The molecular weight excluding hydrogens is 972 g/mol. The first-order valence-electron chi connectivity index (χ1n) is 26.9. The van der Waals surface area contributed by atoms with Gasteiger partial charge in [-0.25, -0.2) is 9.36 Å². The van der Waals surface area contributed by atoms with E-state index < -0.39 is 34.5 Å². The lowest BCUT2D eigenvalue weighted by Crippen LogP contribution is -2.45. The number of primary amides is 1. The van der Waals surface area contributed by atoms with Crippen LogP contribution in [0, 0.1) is 0 Å². The number of carbonyl (C=O) groups excluding carboxylic acids is 3. The highest BCUT2D eigenvalue weighted by Gasteiger charge is 2.60. The largest absolute Gasteiger partial charge is 0.497 e. The summed E-state index contributed by atoms with van der Waals surface area (Å²) < 4.78 is 58.2. The molecule has 17 heteroatoms. The van der Waals surface area contributed by atoms with Gasteiger partial charge >= 0.3 is 6.18 Å². The smallest absolute Gasteiger partial charge is 0.435 e. The van der Waals surface area contributed by atoms with E-state index in [9.17, 15) is 27.6 Å². The van der Waals surface area contributed by atoms with Crippen molar-refractivity contribution < 1.29 is 37.0 Å². The number of likely N-dealkylation sites (tertiary alicyclic amines) is 1. The van der Waals surface area contributed by atoms with E-state index in [-0.39, 0.29) is 46.2 Å². The van der Waals surface area contributed by atoms with Crippen LogP contribution in [0.5, 0.6) is 11.5 Å². The number of likely N-dealkylation sites (N-methyl/N-ethyl adjacent to an activating group) is 1. The summed E-state index contributed by atoms with van der Waals surface area (Å²) in [6.45, 7) is 6.00. The lowest BCUT2D eigenvalue weighted by atomic mass is 9.87. The molecule has 1 unspecified atom stereocenters. The number of halogens is 3. The average Bonchev–Trinajstić information content (AvgIpc) is 4.51. The lowest BCUT2D eigenvalue weighted by molar-refractivity contribution is -0.142. The summed E-state index contributed by atoms with van der Waals surface area (Å²) >= 11 is 0. The van der Waals surface area contributed by atoms with Crippen LogP contribution in [0.25, 0.3) is 11.4 Å². The molecule has 392 valence electrons. The van der Waals surface area contributed by atoms with Crippen molar-refractivity contribution in [1.82, 2.24) is 29.4 Å². The maximum Gasteiger partial charge on any atom is 0.435 e. The van der Waals surface area contributed by atoms with Gasteiger partial charge in [0.25, 0.3) is 17.7 Å². The summed E-state index contributed by atoms with van der Waals surface area (Å²) in [5.74, 6) is -0.0413. The molecule has 8 aliphatic rings. The maximum atomic E-state index is 14.9. The minimum absolute atomic E-state index is 0.00278. The Hall–Kier alpha value is -6.98. The summed E-state index contributed by atoms with van der Waals surface area (Å²) in [6, 6.07) is 29.0. The maximum absolute atomic E-state index is 14.9. The molecular formula is C59H60F3N9O5. The molecule has 1 atom stereocenters. The second kappa shape index (κ2) is 16.8. The van der Waals surface area contributed by atoms with E-state index in [1.54, 1.807) is 33.8 Å². The Balaban J connectivity index is 0.695. The Kier molecular flexibility index (Phi) is 10.5. The van der Waals surface area contributed by atoms with Crippen LogP contribution >= 0.6 is 0 Å². The number of anilines is 2. The first kappa shape index (κ1) is 47.5. The average molecular weight is 1030 g/mol. The highest BCUT2D eigenvalue weighted by Crippen LogP contribution is 2.58. The number of nitrogens with zero attached hydrogens (tertiary/aromatic N) is 8. The fraction of sp³-hybridized carbons (Fsp3) is 0.441. The van der Waals surface area contributed by atoms with Gasteiger partial charge < -0.3 is 34.8 Å². The van der Waals surface area contributed by atoms with Gasteiger partial charge in [0.1, 0.15) is 22.9 Å². The molecule has 2 spiro atoms. The number of aromatic nitrogens is 4. The molecule has 4 aliphatic carbocycles. The second-order valence-corrected chi connectivity index (χ2v) is 23.4. The van der Waals surface area contributed by atoms with E-state index in [4.69, 9.17) is 20.3 Å². The van der Waals surface area contributed by atoms with Gasteiger partial charge in [0.05, 0.1) is 25.1 Å². The molecule has 76 heavy (non-hydrogen) atoms. The number of fused-ring (bicyclic) bond motifs is 5. The molecule has 14 nitrogen and oxygen atoms in total. The molecule has 4 aliphatic heterocycles. The number of alkyl halides is 3. The van der Waals surface area contributed by atoms with Crippen LogP contribution in [-0.4, -0.2) is 114 Å². The first-order valence-corrected chi connectivity index (χ1v) is 26.9. The fourth-order valence-corrected chi connectivity index (χ4v) is 13.6. The molecule has 2 N–H and O–H groups in total. The van der Waals surface area contributed by atoms with E-state index in [0.29, 0.717) is 66.6 Å². The topological polar surface area (TPSA) is 144 Å². The molecule has 6 aromatic rings. The SMILES string of the molecule is COc1ccc(-n2nc(C(F)(F)F)c3c2C(=O)N(c2ccc(C4(CN(C)CC5COc6ccc(-n7nc(C(N)=O)c8c7C(=O)N(c7ccc(C9(CN%10CCCC%10)CC9)cc7)CC87CC7)cc65)CC4)cc2)CC32CC2)cc1. The minimum Gasteiger partial charge on any atom is -0.497 e. The van der Waals surface area contributed by atoms with Gasteiger partial charge in [0, 0.05) is 88.4 Å². The Bertz CT molecular complexity index is 3360. The number of rotatable bonds is 14. The molecule has 1 saturated heterocycles. The Morgan fingerprint density at radius 2 is 1.26 bits per heavy atom. The van der Waals surface area contributed by atoms with Crippen molar-refractivity contribution in [2.24, 2.45) is 5.73 Å². The van der Waals surface area contributed by atoms with E-state index in [1.807, 2.05) is 35.2 Å². The molecule has 6 heterocycles. The zero-order valence-electron chi connectivity index (χ0n) is 42.8. The van der Waals surface area contributed by atoms with Gasteiger partial charge in [-0.2, -0.15) is 23.4 Å². The van der Waals surface area contributed by atoms with Gasteiger partial charge in [0.2, 0.25) is 0 Å². The predicted octanol–water partition coefficient (Wildman–Crippen LogP) is 8.84. The standard InChI is InChI=1S/C59H60F3N9O5/c1-66(32-55(19-20-55)37-5-9-40(10-6-37)69-35-58(25-26-58)47-50(54(69)74)70(65-51(47)59(60,61)62)41-13-16-43(75-2)17-14-41)30-36-31-76-45-18-15-42(29-44(36)45)71-49-46(48(64-71)52(63)72)57(23-24-57)34-68(53(49)73)39-11-7-38(8-12-39)56(21-22-56)33-67-27-3-4-28-67/h5-18,29,36H,3-4,19-28,30-35H2,1-2H3,(H2,63,72). The third-order valence-electron chi connectivity index (χ3n) is 18.4. The predicted molar refractivity (Wildman–Crippen MR) is 278 cm³/mol. The van der Waals surface area contributed by atoms with Crippen molar-refractivity contribution in [2.75, 3.05) is 76.4 Å². The van der Waals surface area contributed by atoms with Crippen LogP contribution in [0.15, 0.2) is 91.0 Å². The number of carbonyl (C=O) groups is 3. The van der Waals surface area contributed by atoms with Crippen LogP contribution in [-0.2, 0) is 27.8 Å². The van der Waals surface area contributed by atoms with Crippen LogP contribution in [0.1, 0.15) is 135 Å². The molecule has 0 bridgehead atoms. The third kappa shape index (κ3) is 7.60. The number of methoxy groups -OCH3 is 1.